The quantitative estimate of drug-likeness (QED) is 0.725. The number of nitrogens with one attached hydrogen (secondary N) is 1. The molecule has 0 saturated heterocycles. The molecule has 0 radical (unpaired) electrons. The van der Waals surface area contributed by atoms with E-state index in [1.54, 1.807) is 25.1 Å². The van der Waals surface area contributed by atoms with Gasteiger partial charge in [0.25, 0.3) is 0 Å². The van der Waals surface area contributed by atoms with E-state index >= 15 is 0 Å². The lowest BCUT2D eigenvalue weighted by Gasteiger charge is -2.10. The molecule has 1 rings (SSSR count). The maximum Gasteiger partial charge on any atom is 0.543 e. The van der Waals surface area contributed by atoms with Crippen molar-refractivity contribution in [1.82, 2.24) is 0 Å². The third-order valence-electron chi connectivity index (χ3n) is 1.42. The molecule has 1 aromatic rings. The molecule has 1 N–H and O–H groups in total. The first-order chi connectivity index (χ1) is 5.99. The monoisotopic (exact) mass is 191 g/mol. The Labute approximate surface area is 73.3 Å². The molecule has 0 fully saturated rings. The van der Waals surface area contributed by atoms with Crippen LogP contribution in [0.5, 0.6) is 0 Å². The van der Waals surface area contributed by atoms with E-state index in [9.17, 15) is 13.2 Å². The predicted octanol–water partition coefficient (Wildman–Crippen LogP) is 2.86. The van der Waals surface area contributed by atoms with Gasteiger partial charge in [-0.15, -0.1) is 13.2 Å². The molecule has 0 amide bonds. The third kappa shape index (κ3) is 3.33. The number of benzene rings is 1. The molecular formula is C8H8F3NO. The summed E-state index contributed by atoms with van der Waals surface area (Å²) in [5, 5.41) is 0. The second kappa shape index (κ2) is 3.66. The Morgan fingerprint density at radius 1 is 1.23 bits per heavy atom. The first-order valence-electron chi connectivity index (χ1n) is 3.55. The highest BCUT2D eigenvalue weighted by Gasteiger charge is 2.30. The summed E-state index contributed by atoms with van der Waals surface area (Å²) in [5.41, 5.74) is 2.82. The number of aryl methyl sites for hydroxylation is 1. The van der Waals surface area contributed by atoms with Crippen LogP contribution in [0.25, 0.3) is 0 Å². The van der Waals surface area contributed by atoms with Crippen LogP contribution in [-0.4, -0.2) is 6.36 Å². The molecule has 0 aliphatic carbocycles. The molecule has 5 heteroatoms. The van der Waals surface area contributed by atoms with E-state index in [1.807, 2.05) is 5.48 Å². The van der Waals surface area contributed by atoms with Crippen molar-refractivity contribution in [3.8, 4) is 0 Å². The van der Waals surface area contributed by atoms with Crippen LogP contribution < -0.4 is 5.48 Å². The summed E-state index contributed by atoms with van der Waals surface area (Å²) in [6.45, 7) is 1.68. The number of hydrogen-bond acceptors (Lipinski definition) is 2. The van der Waals surface area contributed by atoms with E-state index < -0.39 is 6.36 Å². The van der Waals surface area contributed by atoms with Crippen LogP contribution in [0.1, 0.15) is 5.56 Å². The van der Waals surface area contributed by atoms with Crippen molar-refractivity contribution in [2.75, 3.05) is 5.48 Å². The minimum atomic E-state index is -4.66. The summed E-state index contributed by atoms with van der Waals surface area (Å²) in [5.74, 6) is 0. The number of hydrogen-bond donors (Lipinski definition) is 1. The number of rotatable bonds is 2. The molecule has 0 aliphatic heterocycles. The summed E-state index contributed by atoms with van der Waals surface area (Å²) in [7, 11) is 0. The van der Waals surface area contributed by atoms with Crippen molar-refractivity contribution in [3.63, 3.8) is 0 Å². The lowest BCUT2D eigenvalue weighted by atomic mass is 10.2. The number of para-hydroxylation sites is 1. The lowest BCUT2D eigenvalue weighted by molar-refractivity contribution is -0.311. The van der Waals surface area contributed by atoms with Crippen LogP contribution in [0.2, 0.25) is 0 Å². The van der Waals surface area contributed by atoms with Gasteiger partial charge in [-0.3, -0.25) is 5.48 Å². The first-order valence-corrected chi connectivity index (χ1v) is 3.55. The van der Waals surface area contributed by atoms with Crippen LogP contribution >= 0.6 is 0 Å². The van der Waals surface area contributed by atoms with Gasteiger partial charge in [0.1, 0.15) is 0 Å². The van der Waals surface area contributed by atoms with E-state index in [2.05, 4.69) is 4.84 Å². The van der Waals surface area contributed by atoms with E-state index in [0.29, 0.717) is 11.3 Å². The summed E-state index contributed by atoms with van der Waals surface area (Å²) in [6.07, 6.45) is -4.66. The minimum absolute atomic E-state index is 0.305. The van der Waals surface area contributed by atoms with Gasteiger partial charge in [-0.2, -0.15) is 4.84 Å². The second-order valence-corrected chi connectivity index (χ2v) is 2.46. The van der Waals surface area contributed by atoms with Crippen LogP contribution in [0.15, 0.2) is 24.3 Å². The Morgan fingerprint density at radius 2 is 1.85 bits per heavy atom. The Bertz CT molecular complexity index is 285. The van der Waals surface area contributed by atoms with E-state index in [-0.39, 0.29) is 0 Å². The molecule has 2 nitrogen and oxygen atoms in total. The van der Waals surface area contributed by atoms with Crippen molar-refractivity contribution in [3.05, 3.63) is 29.8 Å². The molecule has 1 aromatic carbocycles. The summed E-state index contributed by atoms with van der Waals surface area (Å²) in [4.78, 5) is 3.45. The summed E-state index contributed by atoms with van der Waals surface area (Å²) >= 11 is 0. The second-order valence-electron chi connectivity index (χ2n) is 2.46. The fraction of sp³-hybridized carbons (Fsp3) is 0.250. The zero-order valence-corrected chi connectivity index (χ0v) is 6.85. The van der Waals surface area contributed by atoms with Gasteiger partial charge in [0.2, 0.25) is 0 Å². The number of anilines is 1. The molecule has 0 unspecified atom stereocenters. The van der Waals surface area contributed by atoms with Gasteiger partial charge in [-0.05, 0) is 18.6 Å². The van der Waals surface area contributed by atoms with Crippen LogP contribution in [0.3, 0.4) is 0 Å². The summed E-state index contributed by atoms with van der Waals surface area (Å²) < 4.78 is 34.8. The first kappa shape index (κ1) is 9.85. The topological polar surface area (TPSA) is 21.3 Å². The van der Waals surface area contributed by atoms with Gasteiger partial charge in [0.15, 0.2) is 0 Å². The highest BCUT2D eigenvalue weighted by molar-refractivity contribution is 5.48. The highest BCUT2D eigenvalue weighted by atomic mass is 19.4. The van der Waals surface area contributed by atoms with Gasteiger partial charge in [-0.25, -0.2) is 0 Å². The molecule has 0 saturated carbocycles. The van der Waals surface area contributed by atoms with Crippen LogP contribution in [0.4, 0.5) is 18.9 Å². The standard InChI is InChI=1S/C8H8F3NO/c1-6-4-2-3-5-7(6)12-13-8(9,10)11/h2-5,12H,1H3. The molecule has 0 heterocycles. The minimum Gasteiger partial charge on any atom is -0.258 e. The van der Waals surface area contributed by atoms with Gasteiger partial charge in [-0.1, -0.05) is 18.2 Å². The van der Waals surface area contributed by atoms with Gasteiger partial charge in [0.05, 0.1) is 5.69 Å². The Morgan fingerprint density at radius 3 is 2.38 bits per heavy atom. The Kier molecular flexibility index (Phi) is 2.77. The van der Waals surface area contributed by atoms with Gasteiger partial charge >= 0.3 is 6.36 Å². The molecule has 0 atom stereocenters. The molecule has 72 valence electrons. The average molecular weight is 191 g/mol. The normalized spacial score (nSPS) is 11.4. The maximum atomic E-state index is 11.6. The van der Waals surface area contributed by atoms with Crippen molar-refractivity contribution in [1.29, 1.82) is 0 Å². The van der Waals surface area contributed by atoms with Crippen molar-refractivity contribution >= 4 is 5.69 Å². The van der Waals surface area contributed by atoms with Crippen molar-refractivity contribution in [2.24, 2.45) is 0 Å². The van der Waals surface area contributed by atoms with E-state index in [4.69, 9.17) is 0 Å². The van der Waals surface area contributed by atoms with Gasteiger partial charge in [0, 0.05) is 0 Å². The smallest absolute Gasteiger partial charge is 0.258 e. The van der Waals surface area contributed by atoms with E-state index in [0.717, 1.165) is 0 Å². The summed E-state index contributed by atoms with van der Waals surface area (Å²) in [6, 6.07) is 6.53. The largest absolute Gasteiger partial charge is 0.543 e. The number of alkyl halides is 3. The molecular weight excluding hydrogens is 183 g/mol. The van der Waals surface area contributed by atoms with E-state index in [1.165, 1.54) is 6.07 Å². The molecule has 13 heavy (non-hydrogen) atoms. The van der Waals surface area contributed by atoms with Crippen LogP contribution in [-0.2, 0) is 4.84 Å². The fourth-order valence-electron chi connectivity index (χ4n) is 0.800. The molecule has 0 bridgehead atoms. The Balaban J connectivity index is 2.60. The highest BCUT2D eigenvalue weighted by Crippen LogP contribution is 2.19. The predicted molar refractivity (Wildman–Crippen MR) is 41.9 cm³/mol. The third-order valence-corrected chi connectivity index (χ3v) is 1.42. The SMILES string of the molecule is Cc1ccccc1NOC(F)(F)F. The van der Waals surface area contributed by atoms with Crippen molar-refractivity contribution < 1.29 is 18.0 Å². The fourth-order valence-corrected chi connectivity index (χ4v) is 0.800. The molecule has 0 spiro atoms. The molecule has 0 aromatic heterocycles. The average Bonchev–Trinajstić information content (AvgIpc) is 2.01. The van der Waals surface area contributed by atoms with Gasteiger partial charge < -0.3 is 0 Å². The maximum absolute atomic E-state index is 11.6. The van der Waals surface area contributed by atoms with Crippen LogP contribution in [0, 0.1) is 6.92 Å². The molecule has 0 aliphatic rings. The van der Waals surface area contributed by atoms with Crippen molar-refractivity contribution in [2.45, 2.75) is 13.3 Å². The lowest BCUT2D eigenvalue weighted by Crippen LogP contribution is -2.18. The zero-order chi connectivity index (χ0) is 9.90. The Hall–Kier alpha value is -1.23. The zero-order valence-electron chi connectivity index (χ0n) is 6.85. The number of halogens is 3.